The molecule has 2 rings (SSSR count). The van der Waals surface area contributed by atoms with Gasteiger partial charge in [-0.05, 0) is 37.8 Å². The van der Waals surface area contributed by atoms with Crippen LogP contribution >= 0.6 is 0 Å². The molecule has 0 atom stereocenters. The predicted molar refractivity (Wildman–Crippen MR) is 59.5 cm³/mol. The van der Waals surface area contributed by atoms with Gasteiger partial charge in [0, 0.05) is 25.0 Å². The maximum atomic E-state index is 9.88. The van der Waals surface area contributed by atoms with Gasteiger partial charge in [0.1, 0.15) is 0 Å². The van der Waals surface area contributed by atoms with Crippen LogP contribution in [-0.2, 0) is 6.54 Å². The van der Waals surface area contributed by atoms with Gasteiger partial charge in [-0.2, -0.15) is 0 Å². The summed E-state index contributed by atoms with van der Waals surface area (Å²) in [7, 11) is 0. The molecule has 1 aromatic rings. The van der Waals surface area contributed by atoms with Crippen LogP contribution in [0.1, 0.15) is 30.5 Å². The Hall–Kier alpha value is -0.930. The molecule has 1 saturated carbocycles. The molecule has 0 aliphatic heterocycles. The Bertz CT molecular complexity index is 334. The van der Waals surface area contributed by atoms with E-state index >= 15 is 0 Å². The van der Waals surface area contributed by atoms with Crippen molar-refractivity contribution in [3.05, 3.63) is 29.6 Å². The monoisotopic (exact) mass is 206 g/mol. The second-order valence-corrected chi connectivity index (χ2v) is 4.43. The highest BCUT2D eigenvalue weighted by Gasteiger charge is 2.33. The Morgan fingerprint density at radius 2 is 2.33 bits per heavy atom. The van der Waals surface area contributed by atoms with Gasteiger partial charge in [-0.1, -0.05) is 6.07 Å². The zero-order valence-electron chi connectivity index (χ0n) is 9.16. The number of rotatable bonds is 4. The molecule has 0 amide bonds. The molecule has 1 fully saturated rings. The van der Waals surface area contributed by atoms with E-state index in [2.05, 4.69) is 16.4 Å². The number of nitrogens with one attached hydrogen (secondary N) is 1. The second-order valence-electron chi connectivity index (χ2n) is 4.43. The highest BCUT2D eigenvalue weighted by atomic mass is 16.3. The summed E-state index contributed by atoms with van der Waals surface area (Å²) in [6.07, 6.45) is 4.83. The predicted octanol–water partition coefficient (Wildman–Crippen LogP) is 1.39. The molecule has 0 spiro atoms. The first kappa shape index (κ1) is 10.6. The number of aryl methyl sites for hydroxylation is 1. The maximum Gasteiger partial charge on any atom is 0.0771 e. The van der Waals surface area contributed by atoms with Crippen molar-refractivity contribution < 1.29 is 5.11 Å². The lowest BCUT2D eigenvalue weighted by molar-refractivity contribution is -0.0314. The van der Waals surface area contributed by atoms with Crippen LogP contribution in [0.3, 0.4) is 0 Å². The number of pyridine rings is 1. The van der Waals surface area contributed by atoms with Gasteiger partial charge in [-0.15, -0.1) is 0 Å². The molecule has 3 nitrogen and oxygen atoms in total. The summed E-state index contributed by atoms with van der Waals surface area (Å²) in [5.41, 5.74) is 1.84. The van der Waals surface area contributed by atoms with E-state index in [9.17, 15) is 5.11 Å². The van der Waals surface area contributed by atoms with Gasteiger partial charge in [0.25, 0.3) is 0 Å². The zero-order valence-corrected chi connectivity index (χ0v) is 9.16. The normalized spacial score (nSPS) is 18.5. The van der Waals surface area contributed by atoms with E-state index in [0.717, 1.165) is 31.5 Å². The molecule has 0 bridgehead atoms. The minimum absolute atomic E-state index is 0.434. The van der Waals surface area contributed by atoms with Crippen molar-refractivity contribution in [1.82, 2.24) is 10.3 Å². The molecule has 0 aromatic carbocycles. The molecule has 2 N–H and O–H groups in total. The average Bonchev–Trinajstić information content (AvgIpc) is 2.18. The summed E-state index contributed by atoms with van der Waals surface area (Å²) in [4.78, 5) is 4.23. The average molecular weight is 206 g/mol. The maximum absolute atomic E-state index is 9.88. The van der Waals surface area contributed by atoms with Gasteiger partial charge in [-0.25, -0.2) is 0 Å². The first-order valence-electron chi connectivity index (χ1n) is 5.53. The van der Waals surface area contributed by atoms with Gasteiger partial charge in [0.05, 0.1) is 5.60 Å². The third kappa shape index (κ3) is 2.55. The second kappa shape index (κ2) is 4.29. The van der Waals surface area contributed by atoms with Crippen molar-refractivity contribution in [2.24, 2.45) is 0 Å². The van der Waals surface area contributed by atoms with E-state index < -0.39 is 5.60 Å². The summed E-state index contributed by atoms with van der Waals surface area (Å²) in [6, 6.07) is 4.02. The van der Waals surface area contributed by atoms with Crippen molar-refractivity contribution in [1.29, 1.82) is 0 Å². The Morgan fingerprint density at radius 1 is 1.53 bits per heavy atom. The van der Waals surface area contributed by atoms with Gasteiger partial charge < -0.3 is 10.4 Å². The van der Waals surface area contributed by atoms with Crippen LogP contribution in [0.5, 0.6) is 0 Å². The molecule has 0 unspecified atom stereocenters. The first-order valence-corrected chi connectivity index (χ1v) is 5.53. The summed E-state index contributed by atoms with van der Waals surface area (Å²) < 4.78 is 0. The fraction of sp³-hybridized carbons (Fsp3) is 0.583. The zero-order chi connectivity index (χ0) is 10.7. The van der Waals surface area contributed by atoms with Gasteiger partial charge >= 0.3 is 0 Å². The number of nitrogens with zero attached hydrogens (tertiary/aromatic N) is 1. The highest BCUT2D eigenvalue weighted by Crippen LogP contribution is 2.30. The van der Waals surface area contributed by atoms with Crippen LogP contribution in [0.2, 0.25) is 0 Å². The van der Waals surface area contributed by atoms with E-state index in [1.807, 2.05) is 13.0 Å². The minimum Gasteiger partial charge on any atom is -0.389 e. The van der Waals surface area contributed by atoms with Crippen LogP contribution in [0, 0.1) is 6.92 Å². The largest absolute Gasteiger partial charge is 0.389 e. The standard InChI is InChI=1S/C12H18N2O/c1-10-11(4-2-7-14-10)8-13-9-12(15)5-3-6-12/h2,4,7,13,15H,3,5-6,8-9H2,1H3. The van der Waals surface area contributed by atoms with Crippen molar-refractivity contribution in [2.45, 2.75) is 38.3 Å². The molecule has 15 heavy (non-hydrogen) atoms. The van der Waals surface area contributed by atoms with E-state index in [1.165, 1.54) is 5.56 Å². The molecule has 1 aliphatic rings. The van der Waals surface area contributed by atoms with Crippen LogP contribution in [0.25, 0.3) is 0 Å². The third-order valence-corrected chi connectivity index (χ3v) is 3.17. The quantitative estimate of drug-likeness (QED) is 0.782. The van der Waals surface area contributed by atoms with E-state index in [-0.39, 0.29) is 0 Å². The molecule has 1 aliphatic carbocycles. The number of hydrogen-bond acceptors (Lipinski definition) is 3. The Morgan fingerprint density at radius 3 is 2.93 bits per heavy atom. The van der Waals surface area contributed by atoms with Crippen LogP contribution in [0.15, 0.2) is 18.3 Å². The lowest BCUT2D eigenvalue weighted by atomic mass is 9.80. The molecule has 0 radical (unpaired) electrons. The fourth-order valence-corrected chi connectivity index (χ4v) is 1.90. The Labute approximate surface area is 90.5 Å². The molecule has 1 aromatic heterocycles. The molecular weight excluding hydrogens is 188 g/mol. The topological polar surface area (TPSA) is 45.2 Å². The third-order valence-electron chi connectivity index (χ3n) is 3.17. The van der Waals surface area contributed by atoms with Gasteiger partial charge in [0.2, 0.25) is 0 Å². The lowest BCUT2D eigenvalue weighted by Gasteiger charge is -2.36. The Kier molecular flexibility index (Phi) is 3.03. The highest BCUT2D eigenvalue weighted by molar-refractivity contribution is 5.17. The van der Waals surface area contributed by atoms with Gasteiger partial charge in [-0.3, -0.25) is 4.98 Å². The number of aromatic nitrogens is 1. The van der Waals surface area contributed by atoms with Crippen molar-refractivity contribution in [2.75, 3.05) is 6.54 Å². The van der Waals surface area contributed by atoms with Crippen molar-refractivity contribution in [3.63, 3.8) is 0 Å². The van der Waals surface area contributed by atoms with E-state index in [0.29, 0.717) is 6.54 Å². The van der Waals surface area contributed by atoms with E-state index in [1.54, 1.807) is 6.20 Å². The smallest absolute Gasteiger partial charge is 0.0771 e. The number of hydrogen-bond donors (Lipinski definition) is 2. The summed E-state index contributed by atoms with van der Waals surface area (Å²) in [6.45, 7) is 3.50. The minimum atomic E-state index is -0.434. The van der Waals surface area contributed by atoms with Crippen molar-refractivity contribution >= 4 is 0 Å². The molecule has 1 heterocycles. The molecular formula is C12H18N2O. The molecule has 82 valence electrons. The SMILES string of the molecule is Cc1ncccc1CNCC1(O)CCC1. The summed E-state index contributed by atoms with van der Waals surface area (Å²) in [5, 5.41) is 13.2. The van der Waals surface area contributed by atoms with Crippen LogP contribution < -0.4 is 5.32 Å². The van der Waals surface area contributed by atoms with Crippen LogP contribution in [-0.4, -0.2) is 22.2 Å². The molecule has 0 saturated heterocycles. The molecule has 3 heteroatoms. The lowest BCUT2D eigenvalue weighted by Crippen LogP contribution is -2.46. The van der Waals surface area contributed by atoms with Crippen LogP contribution in [0.4, 0.5) is 0 Å². The van der Waals surface area contributed by atoms with Crippen molar-refractivity contribution in [3.8, 4) is 0 Å². The summed E-state index contributed by atoms with van der Waals surface area (Å²) in [5.74, 6) is 0. The fourth-order valence-electron chi connectivity index (χ4n) is 1.90. The van der Waals surface area contributed by atoms with Gasteiger partial charge in [0.15, 0.2) is 0 Å². The van der Waals surface area contributed by atoms with E-state index in [4.69, 9.17) is 0 Å². The Balaban J connectivity index is 1.81. The number of aliphatic hydroxyl groups is 1. The first-order chi connectivity index (χ1) is 7.20. The summed E-state index contributed by atoms with van der Waals surface area (Å²) >= 11 is 0.